The van der Waals surface area contributed by atoms with Crippen LogP contribution in [0.2, 0.25) is 0 Å². The summed E-state index contributed by atoms with van der Waals surface area (Å²) >= 11 is 0. The molecule has 0 aromatic heterocycles. The molecule has 7 heteroatoms. The summed E-state index contributed by atoms with van der Waals surface area (Å²) in [5.41, 5.74) is 0. The van der Waals surface area contributed by atoms with E-state index >= 15 is 0 Å². The lowest BCUT2D eigenvalue weighted by Gasteiger charge is -2.21. The van der Waals surface area contributed by atoms with Crippen LogP contribution in [0.3, 0.4) is 0 Å². The van der Waals surface area contributed by atoms with E-state index in [1.165, 1.54) is 4.90 Å². The second-order valence-corrected chi connectivity index (χ2v) is 5.87. The van der Waals surface area contributed by atoms with E-state index < -0.39 is 33.2 Å². The fourth-order valence-electron chi connectivity index (χ4n) is 1.42. The molecule has 0 fully saturated rings. The van der Waals surface area contributed by atoms with Crippen LogP contribution in [0.1, 0.15) is 26.7 Å². The van der Waals surface area contributed by atoms with Gasteiger partial charge in [0.1, 0.15) is 11.5 Å². The Hall–Kier alpha value is -1.11. The molecule has 0 heterocycles. The van der Waals surface area contributed by atoms with Gasteiger partial charge in [-0.2, -0.15) is 0 Å². The molecule has 0 aromatic carbocycles. The number of rotatable bonds is 8. The van der Waals surface area contributed by atoms with Gasteiger partial charge in [0.2, 0.25) is 5.91 Å². The fraction of sp³-hybridized carbons (Fsp3) is 0.800. The molecule has 0 rings (SSSR count). The van der Waals surface area contributed by atoms with E-state index in [0.29, 0.717) is 13.1 Å². The van der Waals surface area contributed by atoms with E-state index in [-0.39, 0.29) is 0 Å². The van der Waals surface area contributed by atoms with Gasteiger partial charge in [0.25, 0.3) is 0 Å². The molecule has 0 aliphatic carbocycles. The van der Waals surface area contributed by atoms with Gasteiger partial charge in [-0.1, -0.05) is 13.8 Å². The molecule has 0 aliphatic rings. The van der Waals surface area contributed by atoms with Gasteiger partial charge in [0.15, 0.2) is 9.84 Å². The highest BCUT2D eigenvalue weighted by atomic mass is 32.2. The van der Waals surface area contributed by atoms with Gasteiger partial charge in [-0.25, -0.2) is 8.42 Å². The summed E-state index contributed by atoms with van der Waals surface area (Å²) < 4.78 is 22.7. The minimum Gasteiger partial charge on any atom is -0.480 e. The lowest BCUT2D eigenvalue weighted by molar-refractivity contribution is -0.134. The first kappa shape index (κ1) is 15.9. The Bertz CT molecular complexity index is 357. The SMILES string of the molecule is CCCN(CCC)C(=O)CS(=O)(=O)CC(=O)O. The largest absolute Gasteiger partial charge is 0.480 e. The molecular formula is C10H19NO5S. The molecule has 0 spiro atoms. The van der Waals surface area contributed by atoms with Gasteiger partial charge in [0.05, 0.1) is 0 Å². The van der Waals surface area contributed by atoms with E-state index in [4.69, 9.17) is 5.11 Å². The molecule has 0 atom stereocenters. The minimum atomic E-state index is -3.85. The lowest BCUT2D eigenvalue weighted by Crippen LogP contribution is -2.38. The molecule has 0 saturated heterocycles. The first-order valence-electron chi connectivity index (χ1n) is 5.52. The van der Waals surface area contributed by atoms with Crippen LogP contribution in [0.25, 0.3) is 0 Å². The number of carboxylic acid groups (broad SMARTS) is 1. The summed E-state index contributed by atoms with van der Waals surface area (Å²) in [4.78, 5) is 23.4. The molecule has 100 valence electrons. The van der Waals surface area contributed by atoms with Gasteiger partial charge < -0.3 is 10.0 Å². The number of carboxylic acids is 1. The summed E-state index contributed by atoms with van der Waals surface area (Å²) in [7, 11) is -3.85. The van der Waals surface area contributed by atoms with Crippen molar-refractivity contribution in [3.8, 4) is 0 Å². The Morgan fingerprint density at radius 1 is 1.06 bits per heavy atom. The molecule has 0 bridgehead atoms. The molecule has 0 unspecified atom stereocenters. The number of hydrogen-bond donors (Lipinski definition) is 1. The maximum Gasteiger partial charge on any atom is 0.318 e. The Morgan fingerprint density at radius 3 is 1.88 bits per heavy atom. The highest BCUT2D eigenvalue weighted by Gasteiger charge is 2.23. The molecule has 6 nitrogen and oxygen atoms in total. The second-order valence-electron chi connectivity index (χ2n) is 3.81. The van der Waals surface area contributed by atoms with Crippen LogP contribution in [0.4, 0.5) is 0 Å². The topological polar surface area (TPSA) is 91.8 Å². The Labute approximate surface area is 102 Å². The van der Waals surface area contributed by atoms with Crippen LogP contribution < -0.4 is 0 Å². The average Bonchev–Trinajstić information content (AvgIpc) is 2.14. The van der Waals surface area contributed by atoms with Gasteiger partial charge in [-0.3, -0.25) is 9.59 Å². The minimum absolute atomic E-state index is 0.495. The van der Waals surface area contributed by atoms with Crippen molar-refractivity contribution in [2.75, 3.05) is 24.6 Å². The van der Waals surface area contributed by atoms with Crippen molar-refractivity contribution >= 4 is 21.7 Å². The Morgan fingerprint density at radius 2 is 1.53 bits per heavy atom. The molecule has 0 saturated carbocycles. The van der Waals surface area contributed by atoms with Crippen molar-refractivity contribution in [1.82, 2.24) is 4.90 Å². The number of carbonyl (C=O) groups is 2. The van der Waals surface area contributed by atoms with Crippen LogP contribution in [0.5, 0.6) is 0 Å². The van der Waals surface area contributed by atoms with Crippen molar-refractivity contribution in [3.05, 3.63) is 0 Å². The van der Waals surface area contributed by atoms with Crippen molar-refractivity contribution in [2.24, 2.45) is 0 Å². The summed E-state index contributed by atoms with van der Waals surface area (Å²) in [6, 6.07) is 0. The standard InChI is InChI=1S/C10H19NO5S/c1-3-5-11(6-4-2)9(12)7-17(15,16)8-10(13)14/h3-8H2,1-2H3,(H,13,14). The molecule has 0 aliphatic heterocycles. The van der Waals surface area contributed by atoms with E-state index in [1.807, 2.05) is 13.8 Å². The number of nitrogens with zero attached hydrogens (tertiary/aromatic N) is 1. The Kier molecular flexibility index (Phi) is 6.79. The smallest absolute Gasteiger partial charge is 0.318 e. The molecule has 17 heavy (non-hydrogen) atoms. The summed E-state index contributed by atoms with van der Waals surface area (Å²) in [6.07, 6.45) is 1.48. The normalized spacial score (nSPS) is 11.2. The number of carbonyl (C=O) groups excluding carboxylic acids is 1. The molecule has 0 aromatic rings. The van der Waals surface area contributed by atoms with Crippen LogP contribution in [0.15, 0.2) is 0 Å². The first-order chi connectivity index (χ1) is 7.82. The molecule has 1 amide bonds. The van der Waals surface area contributed by atoms with Crippen molar-refractivity contribution in [2.45, 2.75) is 26.7 Å². The number of sulfone groups is 1. The van der Waals surface area contributed by atoms with Crippen molar-refractivity contribution in [3.63, 3.8) is 0 Å². The van der Waals surface area contributed by atoms with E-state index in [2.05, 4.69) is 0 Å². The predicted molar refractivity (Wildman–Crippen MR) is 63.5 cm³/mol. The third kappa shape index (κ3) is 6.93. The quantitative estimate of drug-likeness (QED) is 0.673. The number of hydrogen-bond acceptors (Lipinski definition) is 4. The Balaban J connectivity index is 4.53. The molecule has 0 radical (unpaired) electrons. The number of aliphatic carboxylic acids is 1. The third-order valence-electron chi connectivity index (χ3n) is 2.03. The summed E-state index contributed by atoms with van der Waals surface area (Å²) in [6.45, 7) is 4.77. The van der Waals surface area contributed by atoms with Gasteiger partial charge >= 0.3 is 5.97 Å². The molecule has 1 N–H and O–H groups in total. The van der Waals surface area contributed by atoms with Crippen molar-refractivity contribution in [1.29, 1.82) is 0 Å². The number of amides is 1. The van der Waals surface area contributed by atoms with Crippen LogP contribution in [-0.4, -0.2) is 54.9 Å². The van der Waals surface area contributed by atoms with E-state index in [0.717, 1.165) is 12.8 Å². The zero-order valence-corrected chi connectivity index (χ0v) is 11.0. The highest BCUT2D eigenvalue weighted by Crippen LogP contribution is 2.00. The first-order valence-corrected chi connectivity index (χ1v) is 7.34. The zero-order chi connectivity index (χ0) is 13.5. The highest BCUT2D eigenvalue weighted by molar-refractivity contribution is 7.92. The van der Waals surface area contributed by atoms with E-state index in [9.17, 15) is 18.0 Å². The van der Waals surface area contributed by atoms with Crippen LogP contribution in [0, 0.1) is 0 Å². The maximum absolute atomic E-state index is 11.7. The predicted octanol–water partition coefficient (Wildman–Crippen LogP) is 0.134. The maximum atomic E-state index is 11.7. The zero-order valence-electron chi connectivity index (χ0n) is 10.2. The average molecular weight is 265 g/mol. The monoisotopic (exact) mass is 265 g/mol. The fourth-order valence-corrected chi connectivity index (χ4v) is 2.46. The summed E-state index contributed by atoms with van der Waals surface area (Å²) in [5.74, 6) is -3.67. The van der Waals surface area contributed by atoms with Gasteiger partial charge in [-0.15, -0.1) is 0 Å². The van der Waals surface area contributed by atoms with Gasteiger partial charge in [0, 0.05) is 13.1 Å². The summed E-state index contributed by atoms with van der Waals surface area (Å²) in [5, 5.41) is 8.40. The van der Waals surface area contributed by atoms with Crippen LogP contribution >= 0.6 is 0 Å². The second kappa shape index (κ2) is 7.26. The van der Waals surface area contributed by atoms with Crippen molar-refractivity contribution < 1.29 is 23.1 Å². The van der Waals surface area contributed by atoms with Crippen LogP contribution in [-0.2, 0) is 19.4 Å². The third-order valence-corrected chi connectivity index (χ3v) is 3.40. The molecular weight excluding hydrogens is 246 g/mol. The lowest BCUT2D eigenvalue weighted by atomic mass is 10.3. The van der Waals surface area contributed by atoms with E-state index in [1.54, 1.807) is 0 Å². The van der Waals surface area contributed by atoms with Gasteiger partial charge in [-0.05, 0) is 12.8 Å².